The summed E-state index contributed by atoms with van der Waals surface area (Å²) in [6, 6.07) is 20.8. The van der Waals surface area contributed by atoms with Crippen LogP contribution in [0.1, 0.15) is 34.8 Å². The Morgan fingerprint density at radius 1 is 0.960 bits per heavy atom. The van der Waals surface area contributed by atoms with E-state index in [4.69, 9.17) is 16.3 Å². The Morgan fingerprint density at radius 2 is 1.72 bits per heavy atom. The molecule has 0 spiro atoms. The predicted octanol–water partition coefficient (Wildman–Crippen LogP) is 6.44. The van der Waals surface area contributed by atoms with Crippen molar-refractivity contribution in [3.8, 4) is 11.5 Å². The molecule has 2 N–H and O–H groups in total. The van der Waals surface area contributed by atoms with E-state index in [1.807, 2.05) is 23.6 Å². The molecule has 3 heterocycles. The molecule has 3 fully saturated rings. The fourth-order valence-corrected chi connectivity index (χ4v) is 9.53. The van der Waals surface area contributed by atoms with E-state index >= 15 is 4.79 Å². The van der Waals surface area contributed by atoms with Crippen LogP contribution in [0.25, 0.3) is 0 Å². The number of anilines is 1. The number of carbonyl (C=O) groups is 4. The quantitative estimate of drug-likeness (QED) is 0.168. The first kappa shape index (κ1) is 32.2. The number of methoxy groups -OCH3 is 1. The SMILES string of the molecule is COc1cccc([C@H]2C3=CC[C@@H]4C(=O)N(Cc5cccs5)C(=O)[C@@H]4[C@@H]3C[C@H]3C(=O)N(Nc4ccc(F)cc4)C(=O)[C@@]23c2ccc(Cl)cc2)c1O. The number of hydrazine groups is 1. The number of fused-ring (bicyclic) bond motifs is 4. The van der Waals surface area contributed by atoms with Gasteiger partial charge in [0.2, 0.25) is 11.8 Å². The number of carbonyl (C=O) groups excluding carboxylic acids is 4. The van der Waals surface area contributed by atoms with Gasteiger partial charge >= 0.3 is 0 Å². The van der Waals surface area contributed by atoms with Crippen LogP contribution in [0.2, 0.25) is 5.02 Å². The van der Waals surface area contributed by atoms with Gasteiger partial charge in [-0.3, -0.25) is 29.5 Å². The van der Waals surface area contributed by atoms with Crippen molar-refractivity contribution in [2.24, 2.45) is 23.7 Å². The van der Waals surface area contributed by atoms with Crippen LogP contribution in [0.4, 0.5) is 10.1 Å². The molecule has 0 unspecified atom stereocenters. The van der Waals surface area contributed by atoms with Gasteiger partial charge in [-0.1, -0.05) is 53.6 Å². The Balaban J connectivity index is 1.33. The summed E-state index contributed by atoms with van der Waals surface area (Å²) in [4.78, 5) is 60.2. The third-order valence-electron chi connectivity index (χ3n) is 10.8. The summed E-state index contributed by atoms with van der Waals surface area (Å²) >= 11 is 7.80. The van der Waals surface area contributed by atoms with Crippen LogP contribution in [0.15, 0.2) is 95.9 Å². The van der Waals surface area contributed by atoms with Crippen molar-refractivity contribution in [2.45, 2.75) is 30.7 Å². The van der Waals surface area contributed by atoms with Gasteiger partial charge in [0.1, 0.15) is 5.82 Å². The average molecular weight is 712 g/mol. The van der Waals surface area contributed by atoms with Gasteiger partial charge < -0.3 is 9.84 Å². The number of amides is 4. The highest BCUT2D eigenvalue weighted by molar-refractivity contribution is 7.09. The van der Waals surface area contributed by atoms with Crippen molar-refractivity contribution >= 4 is 52.3 Å². The first-order valence-electron chi connectivity index (χ1n) is 16.2. The number of allylic oxidation sites excluding steroid dienone is 2. The Kier molecular flexibility index (Phi) is 7.80. The van der Waals surface area contributed by atoms with Crippen LogP contribution in [-0.4, -0.2) is 45.8 Å². The maximum Gasteiger partial charge on any atom is 0.260 e. The maximum atomic E-state index is 15.2. The highest BCUT2D eigenvalue weighted by Crippen LogP contribution is 2.65. The molecule has 2 aliphatic heterocycles. The smallest absolute Gasteiger partial charge is 0.260 e. The molecular weight excluding hydrogens is 681 g/mol. The summed E-state index contributed by atoms with van der Waals surface area (Å²) in [6.07, 6.45) is 2.27. The van der Waals surface area contributed by atoms with Crippen molar-refractivity contribution in [3.05, 3.63) is 123 Å². The minimum atomic E-state index is -1.62. The van der Waals surface area contributed by atoms with Crippen molar-refractivity contribution < 1.29 is 33.4 Å². The van der Waals surface area contributed by atoms with Crippen molar-refractivity contribution in [2.75, 3.05) is 12.5 Å². The minimum absolute atomic E-state index is 0.0922. The highest BCUT2D eigenvalue weighted by atomic mass is 35.5. The number of phenols is 1. The molecule has 8 rings (SSSR count). The molecule has 0 radical (unpaired) electrons. The summed E-state index contributed by atoms with van der Waals surface area (Å²) in [5.74, 6) is -6.17. The van der Waals surface area contributed by atoms with Gasteiger partial charge in [0.15, 0.2) is 11.5 Å². The molecule has 2 saturated heterocycles. The topological polar surface area (TPSA) is 116 Å². The summed E-state index contributed by atoms with van der Waals surface area (Å²) in [5.41, 5.74) is 3.16. The molecule has 2 aliphatic carbocycles. The molecule has 9 nitrogen and oxygen atoms in total. The van der Waals surface area contributed by atoms with Crippen molar-refractivity contribution in [1.29, 1.82) is 0 Å². The van der Waals surface area contributed by atoms with Crippen molar-refractivity contribution in [1.82, 2.24) is 9.91 Å². The van der Waals surface area contributed by atoms with Crippen LogP contribution >= 0.6 is 22.9 Å². The van der Waals surface area contributed by atoms with E-state index in [0.29, 0.717) is 27.4 Å². The van der Waals surface area contributed by atoms with E-state index in [-0.39, 0.29) is 42.7 Å². The third kappa shape index (κ3) is 4.70. The van der Waals surface area contributed by atoms with Gasteiger partial charge in [-0.15, -0.1) is 11.3 Å². The number of thiophene rings is 1. The van der Waals surface area contributed by atoms with E-state index in [1.54, 1.807) is 42.5 Å². The molecule has 0 bridgehead atoms. The van der Waals surface area contributed by atoms with Crippen LogP contribution < -0.4 is 10.2 Å². The Hall–Kier alpha value is -5.00. The number of hydrogen-bond acceptors (Lipinski definition) is 8. The number of para-hydroxylation sites is 1. The minimum Gasteiger partial charge on any atom is -0.504 e. The molecule has 1 saturated carbocycles. The molecule has 4 amide bonds. The zero-order valence-corrected chi connectivity index (χ0v) is 28.3. The number of nitrogens with one attached hydrogen (secondary N) is 1. The monoisotopic (exact) mass is 711 g/mol. The number of nitrogens with zero attached hydrogens (tertiary/aromatic N) is 2. The normalized spacial score (nSPS) is 27.2. The number of aromatic hydroxyl groups is 1. The number of halogens is 2. The lowest BCUT2D eigenvalue weighted by atomic mass is 9.49. The van der Waals surface area contributed by atoms with Gasteiger partial charge in [-0.2, -0.15) is 5.01 Å². The summed E-state index contributed by atoms with van der Waals surface area (Å²) in [6.45, 7) is 0.162. The first-order chi connectivity index (χ1) is 24.1. The second-order valence-electron chi connectivity index (χ2n) is 13.1. The number of hydrogen-bond donors (Lipinski definition) is 2. The third-order valence-corrected chi connectivity index (χ3v) is 11.9. The van der Waals surface area contributed by atoms with Crippen LogP contribution in [0.3, 0.4) is 0 Å². The zero-order chi connectivity index (χ0) is 34.9. The van der Waals surface area contributed by atoms with Crippen LogP contribution in [0.5, 0.6) is 11.5 Å². The number of likely N-dealkylation sites (tertiary alicyclic amines) is 1. The molecule has 12 heteroatoms. The Bertz CT molecular complexity index is 2070. The summed E-state index contributed by atoms with van der Waals surface area (Å²) in [5, 5.41) is 15.0. The first-order valence-corrected chi connectivity index (χ1v) is 17.5. The Labute approximate surface area is 295 Å². The van der Waals surface area contributed by atoms with E-state index in [1.165, 1.54) is 47.6 Å². The van der Waals surface area contributed by atoms with Gasteiger partial charge in [0, 0.05) is 21.4 Å². The van der Waals surface area contributed by atoms with Crippen LogP contribution in [0, 0.1) is 29.5 Å². The number of imide groups is 2. The van der Waals surface area contributed by atoms with E-state index in [0.717, 1.165) is 9.89 Å². The van der Waals surface area contributed by atoms with Gasteiger partial charge in [0.05, 0.1) is 42.5 Å². The van der Waals surface area contributed by atoms with E-state index in [2.05, 4.69) is 5.43 Å². The highest BCUT2D eigenvalue weighted by Gasteiger charge is 2.70. The Morgan fingerprint density at radius 3 is 2.42 bits per heavy atom. The number of phenolic OH excluding ortho intramolecular Hbond substituents is 1. The second kappa shape index (κ2) is 12.1. The van der Waals surface area contributed by atoms with Gasteiger partial charge in [0.25, 0.3) is 11.8 Å². The standard InChI is InChI=1S/C38H31ClFN3O6S/c1-49-30-6-2-5-27(33(30)44)32-25-15-16-26-31(36(47)42(34(26)45)19-24-4-3-17-50-24)28(25)18-29-35(46)43(41-23-13-11-22(40)12-14-23)37(48)38(29,32)20-7-9-21(39)10-8-20/h2-15,17,26,28-29,31-32,41,44H,16,18-19H2,1H3/t26-,28+,29-,31-,32+,38+/m0/s1. The number of rotatable bonds is 7. The number of benzene rings is 3. The fraction of sp³-hybridized carbons (Fsp3) is 0.263. The lowest BCUT2D eigenvalue weighted by Gasteiger charge is -2.50. The molecule has 3 aromatic carbocycles. The second-order valence-corrected chi connectivity index (χ2v) is 14.6. The molecule has 6 atom stereocenters. The van der Waals surface area contributed by atoms with E-state index < -0.39 is 52.6 Å². The lowest BCUT2D eigenvalue weighted by molar-refractivity contribution is -0.141. The average Bonchev–Trinajstić information content (AvgIpc) is 3.78. The fourth-order valence-electron chi connectivity index (χ4n) is 8.72. The molecular formula is C38H31ClFN3O6S. The van der Waals surface area contributed by atoms with Crippen LogP contribution in [-0.2, 0) is 31.1 Å². The molecule has 4 aromatic rings. The molecule has 50 heavy (non-hydrogen) atoms. The van der Waals surface area contributed by atoms with Gasteiger partial charge in [-0.05, 0) is 78.2 Å². The van der Waals surface area contributed by atoms with E-state index in [9.17, 15) is 23.9 Å². The largest absolute Gasteiger partial charge is 0.504 e. The number of ether oxygens (including phenoxy) is 1. The lowest BCUT2D eigenvalue weighted by Crippen LogP contribution is -2.53. The molecule has 4 aliphatic rings. The predicted molar refractivity (Wildman–Crippen MR) is 184 cm³/mol. The molecule has 1 aromatic heterocycles. The van der Waals surface area contributed by atoms with Crippen molar-refractivity contribution in [3.63, 3.8) is 0 Å². The summed E-state index contributed by atoms with van der Waals surface area (Å²) < 4.78 is 19.3. The maximum absolute atomic E-state index is 15.2. The molecule has 254 valence electrons. The zero-order valence-electron chi connectivity index (χ0n) is 26.7. The van der Waals surface area contributed by atoms with Gasteiger partial charge in [-0.25, -0.2) is 4.39 Å². The summed E-state index contributed by atoms with van der Waals surface area (Å²) in [7, 11) is 1.42.